The first-order valence-corrected chi connectivity index (χ1v) is 15.7. The SMILES string of the molecule is CC(C)(O)COc1cc(-c2ccc(N3CC4CC(C3)N4C(=O)[C@H](NC(=O)OC(C)(C)C)c3ccc(F)cc3)nc2)c2c(C#N)cnn2c1. The van der Waals surface area contributed by atoms with Crippen molar-refractivity contribution < 1.29 is 28.6 Å². The standard InChI is InChI=1S/C35H38FN7O5/c1-34(2,3)48-33(45)40-30(21-6-9-24(36)10-7-21)32(44)43-25-12-26(43)18-41(17-25)29-11-8-22(15-38-29)28-13-27(47-20-35(4,5)46)19-42-31(28)23(14-37)16-39-42/h6-11,13,15-16,19,25-26,30,46H,12,17-18,20H2,1-5H3,(H,40,45)/t25?,26?,30-/m1/s1. The number of alkyl carbamates (subject to hydrolysis) is 1. The Hall–Kier alpha value is -5.22. The maximum atomic E-state index is 13.9. The van der Waals surface area contributed by atoms with Gasteiger partial charge in [-0.3, -0.25) is 4.79 Å². The number of carbonyl (C=O) groups is 2. The number of fused-ring (bicyclic) bond motifs is 3. The first-order chi connectivity index (χ1) is 22.7. The Morgan fingerprint density at radius 3 is 2.42 bits per heavy atom. The van der Waals surface area contributed by atoms with Gasteiger partial charge in [0.25, 0.3) is 5.91 Å². The minimum Gasteiger partial charge on any atom is -0.489 e. The molecule has 2 N–H and O–H groups in total. The van der Waals surface area contributed by atoms with E-state index >= 15 is 0 Å². The molecule has 0 saturated carbocycles. The van der Waals surface area contributed by atoms with Crippen LogP contribution in [0.15, 0.2) is 61.1 Å². The Morgan fingerprint density at radius 1 is 1.10 bits per heavy atom. The first-order valence-electron chi connectivity index (χ1n) is 15.7. The topological polar surface area (TPSA) is 145 Å². The van der Waals surface area contributed by atoms with Crippen molar-refractivity contribution in [3.63, 3.8) is 0 Å². The maximum absolute atomic E-state index is 13.9. The van der Waals surface area contributed by atoms with E-state index < -0.39 is 29.2 Å². The highest BCUT2D eigenvalue weighted by Gasteiger charge is 2.49. The fourth-order valence-corrected chi connectivity index (χ4v) is 6.14. The van der Waals surface area contributed by atoms with Crippen molar-refractivity contribution in [1.82, 2.24) is 24.8 Å². The highest BCUT2D eigenvalue weighted by atomic mass is 19.1. The quantitative estimate of drug-likeness (QED) is 0.278. The van der Waals surface area contributed by atoms with Crippen LogP contribution in [0.1, 0.15) is 58.2 Å². The number of ether oxygens (including phenoxy) is 2. The second-order valence-electron chi connectivity index (χ2n) is 13.9. The molecule has 0 spiro atoms. The van der Waals surface area contributed by atoms with E-state index in [2.05, 4.69) is 21.4 Å². The Morgan fingerprint density at radius 2 is 1.81 bits per heavy atom. The lowest BCUT2D eigenvalue weighted by Crippen LogP contribution is -2.71. The molecule has 48 heavy (non-hydrogen) atoms. The Kier molecular flexibility index (Phi) is 8.47. The van der Waals surface area contributed by atoms with Crippen LogP contribution in [0, 0.1) is 17.1 Å². The second-order valence-corrected chi connectivity index (χ2v) is 13.9. The summed E-state index contributed by atoms with van der Waals surface area (Å²) in [5.41, 5.74) is 1.16. The van der Waals surface area contributed by atoms with Gasteiger partial charge < -0.3 is 29.7 Å². The zero-order chi connectivity index (χ0) is 34.4. The number of pyridine rings is 2. The van der Waals surface area contributed by atoms with Gasteiger partial charge in [0.05, 0.1) is 41.2 Å². The zero-order valence-corrected chi connectivity index (χ0v) is 27.5. The van der Waals surface area contributed by atoms with Crippen molar-refractivity contribution in [2.24, 2.45) is 0 Å². The molecule has 4 aromatic rings. The number of nitriles is 1. The highest BCUT2D eigenvalue weighted by Crippen LogP contribution is 2.37. The van der Waals surface area contributed by atoms with Gasteiger partial charge in [-0.1, -0.05) is 12.1 Å². The van der Waals surface area contributed by atoms with E-state index in [-0.39, 0.29) is 24.6 Å². The number of hydrogen-bond acceptors (Lipinski definition) is 9. The minimum atomic E-state index is -1.04. The first kappa shape index (κ1) is 32.7. The molecule has 3 aromatic heterocycles. The molecule has 1 aromatic carbocycles. The van der Waals surface area contributed by atoms with Crippen LogP contribution in [0.25, 0.3) is 16.6 Å². The van der Waals surface area contributed by atoms with Crippen molar-refractivity contribution in [2.45, 2.75) is 70.4 Å². The average Bonchev–Trinajstić information content (AvgIpc) is 3.45. The highest BCUT2D eigenvalue weighted by molar-refractivity contribution is 5.88. The molecule has 0 aliphatic carbocycles. The number of anilines is 1. The summed E-state index contributed by atoms with van der Waals surface area (Å²) in [6, 6.07) is 12.1. The van der Waals surface area contributed by atoms with Gasteiger partial charge in [0.2, 0.25) is 0 Å². The van der Waals surface area contributed by atoms with Gasteiger partial charge in [-0.2, -0.15) is 10.4 Å². The summed E-state index contributed by atoms with van der Waals surface area (Å²) in [5, 5.41) is 26.9. The summed E-state index contributed by atoms with van der Waals surface area (Å²) in [7, 11) is 0. The monoisotopic (exact) mass is 655 g/mol. The van der Waals surface area contributed by atoms with E-state index in [1.807, 2.05) is 18.2 Å². The normalized spacial score (nSPS) is 18.1. The van der Waals surface area contributed by atoms with Gasteiger partial charge in [0.1, 0.15) is 41.7 Å². The number of nitrogens with one attached hydrogen (secondary N) is 1. The van der Waals surface area contributed by atoms with Gasteiger partial charge in [-0.05, 0) is 76.9 Å². The molecular weight excluding hydrogens is 617 g/mol. The van der Waals surface area contributed by atoms with Crippen molar-refractivity contribution >= 4 is 23.3 Å². The summed E-state index contributed by atoms with van der Waals surface area (Å²) in [6.07, 6.45) is 4.99. The molecule has 3 aliphatic rings. The molecule has 250 valence electrons. The van der Waals surface area contributed by atoms with E-state index in [9.17, 15) is 24.3 Å². The number of aliphatic hydroxyl groups is 1. The van der Waals surface area contributed by atoms with Crippen LogP contribution >= 0.6 is 0 Å². The van der Waals surface area contributed by atoms with Crippen molar-refractivity contribution in [3.8, 4) is 22.9 Å². The fourth-order valence-electron chi connectivity index (χ4n) is 6.14. The molecule has 3 aliphatic heterocycles. The molecule has 6 heterocycles. The van der Waals surface area contributed by atoms with Crippen LogP contribution in [0.3, 0.4) is 0 Å². The summed E-state index contributed by atoms with van der Waals surface area (Å²) >= 11 is 0. The lowest BCUT2D eigenvalue weighted by molar-refractivity contribution is -0.148. The van der Waals surface area contributed by atoms with E-state index in [4.69, 9.17) is 14.5 Å². The van der Waals surface area contributed by atoms with E-state index in [1.54, 1.807) is 56.4 Å². The molecule has 12 nitrogen and oxygen atoms in total. The Labute approximate surface area is 277 Å². The van der Waals surface area contributed by atoms with Gasteiger partial charge in [-0.25, -0.2) is 18.7 Å². The summed E-state index contributed by atoms with van der Waals surface area (Å²) in [5.74, 6) is 0.504. The molecular formula is C35H38FN7O5. The van der Waals surface area contributed by atoms with Crippen molar-refractivity contribution in [1.29, 1.82) is 5.26 Å². The van der Waals surface area contributed by atoms with Crippen molar-refractivity contribution in [3.05, 3.63) is 78.0 Å². The maximum Gasteiger partial charge on any atom is 0.408 e. The number of halogens is 1. The average molecular weight is 656 g/mol. The molecule has 2 amide bonds. The predicted octanol–water partition coefficient (Wildman–Crippen LogP) is 4.61. The number of benzene rings is 1. The van der Waals surface area contributed by atoms with Crippen LogP contribution in [-0.2, 0) is 9.53 Å². The third-order valence-corrected chi connectivity index (χ3v) is 8.24. The molecule has 7 rings (SSSR count). The summed E-state index contributed by atoms with van der Waals surface area (Å²) < 4.78 is 26.6. The van der Waals surface area contributed by atoms with Crippen LogP contribution < -0.4 is 15.0 Å². The third kappa shape index (κ3) is 6.89. The number of amides is 2. The molecule has 0 radical (unpaired) electrons. The Bertz CT molecular complexity index is 1860. The molecule has 3 saturated heterocycles. The molecule has 3 atom stereocenters. The molecule has 2 bridgehead atoms. The molecule has 13 heteroatoms. The van der Waals surface area contributed by atoms with Crippen LogP contribution in [0.4, 0.5) is 15.0 Å². The minimum absolute atomic E-state index is 0.0695. The van der Waals surface area contributed by atoms with Crippen LogP contribution in [0.2, 0.25) is 0 Å². The predicted molar refractivity (Wildman–Crippen MR) is 175 cm³/mol. The van der Waals surface area contributed by atoms with E-state index in [0.717, 1.165) is 17.8 Å². The number of piperazine rings is 1. The third-order valence-electron chi connectivity index (χ3n) is 8.24. The zero-order valence-electron chi connectivity index (χ0n) is 27.5. The van der Waals surface area contributed by atoms with Crippen LogP contribution in [-0.4, -0.2) is 79.6 Å². The lowest BCUT2D eigenvalue weighted by atomic mass is 9.85. The van der Waals surface area contributed by atoms with Crippen LogP contribution in [0.5, 0.6) is 5.75 Å². The number of nitrogens with zero attached hydrogens (tertiary/aromatic N) is 6. The second kappa shape index (κ2) is 12.4. The Balaban J connectivity index is 1.19. The van der Waals surface area contributed by atoms with Gasteiger partial charge >= 0.3 is 6.09 Å². The summed E-state index contributed by atoms with van der Waals surface area (Å²) in [6.45, 7) is 9.69. The van der Waals surface area contributed by atoms with E-state index in [1.165, 1.54) is 30.5 Å². The smallest absolute Gasteiger partial charge is 0.408 e. The van der Waals surface area contributed by atoms with Crippen molar-refractivity contribution in [2.75, 3.05) is 24.6 Å². The number of piperidine rings is 1. The number of rotatable bonds is 8. The van der Waals surface area contributed by atoms with Gasteiger partial charge in [-0.15, -0.1) is 0 Å². The number of carbonyl (C=O) groups excluding carboxylic acids is 2. The van der Waals surface area contributed by atoms with Gasteiger partial charge in [0, 0.05) is 30.4 Å². The number of aromatic nitrogens is 3. The largest absolute Gasteiger partial charge is 0.489 e. The number of hydrogen-bond donors (Lipinski definition) is 2. The van der Waals surface area contributed by atoms with Gasteiger partial charge in [0.15, 0.2) is 0 Å². The van der Waals surface area contributed by atoms with E-state index in [0.29, 0.717) is 41.0 Å². The fraction of sp³-hybridized carbons (Fsp3) is 0.400. The lowest BCUT2D eigenvalue weighted by Gasteiger charge is -2.57. The summed E-state index contributed by atoms with van der Waals surface area (Å²) in [4.78, 5) is 35.3. The molecule has 2 unspecified atom stereocenters. The molecule has 3 fully saturated rings.